The molecule has 1 aromatic heterocycles. The Morgan fingerprint density at radius 2 is 1.65 bits per heavy atom. The number of thiazole rings is 1. The molecule has 2 amide bonds. The Morgan fingerprint density at radius 1 is 1.07 bits per heavy atom. The number of methoxy groups -OCH3 is 1. The van der Waals surface area contributed by atoms with Gasteiger partial charge in [0.15, 0.2) is 5.01 Å². The normalized spacial score (nSPS) is 12.9. The van der Waals surface area contributed by atoms with E-state index < -0.39 is 51.0 Å². The van der Waals surface area contributed by atoms with Crippen molar-refractivity contribution in [3.05, 3.63) is 38.4 Å². The minimum atomic E-state index is -6.22. The SMILES string of the molecule is CCN(CCOC)C(=O)c1nc(C(=O)NCC(C)(C)O)sc1-c1ccc(C(O)(C(F)(F)F)C(F)(F)F)c(Cl)c1Cl. The van der Waals surface area contributed by atoms with Crippen LogP contribution in [0.1, 0.15) is 46.6 Å². The standard InChI is InChI=1S/C23H25Cl2F6N3O5S/c1-5-34(8-9-39-4)19(36)15-16(40-18(33-15)17(35)32-10-20(2,3)37)11-6-7-12(14(25)13(11)24)21(38,22(26,27)28)23(29,30)31/h6-7,37-38H,5,8-10H2,1-4H3,(H,32,35). The van der Waals surface area contributed by atoms with Gasteiger partial charge in [0.2, 0.25) is 0 Å². The van der Waals surface area contributed by atoms with Gasteiger partial charge in [0.05, 0.1) is 27.1 Å². The molecule has 0 aliphatic heterocycles. The van der Waals surface area contributed by atoms with Crippen molar-refractivity contribution < 1.29 is 50.9 Å². The summed E-state index contributed by atoms with van der Waals surface area (Å²) in [5.41, 5.74) is -9.14. The number of aliphatic hydroxyl groups is 2. The number of carbonyl (C=O) groups is 2. The second-order valence-corrected chi connectivity index (χ2v) is 10.8. The van der Waals surface area contributed by atoms with Crippen LogP contribution in [-0.2, 0) is 10.3 Å². The zero-order chi connectivity index (χ0) is 30.8. The minimum Gasteiger partial charge on any atom is -0.389 e. The largest absolute Gasteiger partial charge is 0.430 e. The maximum absolute atomic E-state index is 13.5. The summed E-state index contributed by atoms with van der Waals surface area (Å²) in [7, 11) is 1.39. The van der Waals surface area contributed by atoms with E-state index in [1.54, 1.807) is 6.92 Å². The van der Waals surface area contributed by atoms with Crippen molar-refractivity contribution in [1.29, 1.82) is 0 Å². The molecule has 0 bridgehead atoms. The van der Waals surface area contributed by atoms with E-state index in [1.807, 2.05) is 0 Å². The zero-order valence-corrected chi connectivity index (χ0v) is 23.8. The van der Waals surface area contributed by atoms with E-state index in [1.165, 1.54) is 25.9 Å². The van der Waals surface area contributed by atoms with Crippen LogP contribution in [0.3, 0.4) is 0 Å². The van der Waals surface area contributed by atoms with Crippen LogP contribution in [0.2, 0.25) is 10.0 Å². The summed E-state index contributed by atoms with van der Waals surface area (Å²) in [5, 5.41) is 19.6. The van der Waals surface area contributed by atoms with Crippen molar-refractivity contribution in [2.75, 3.05) is 33.4 Å². The smallest absolute Gasteiger partial charge is 0.389 e. The van der Waals surface area contributed by atoms with E-state index in [-0.39, 0.29) is 53.4 Å². The molecular formula is C23H25Cl2F6N3O5S. The van der Waals surface area contributed by atoms with Gasteiger partial charge in [-0.2, -0.15) is 26.3 Å². The molecule has 3 N–H and O–H groups in total. The molecule has 224 valence electrons. The van der Waals surface area contributed by atoms with Crippen LogP contribution >= 0.6 is 34.5 Å². The summed E-state index contributed by atoms with van der Waals surface area (Å²) in [4.78, 5) is 31.2. The van der Waals surface area contributed by atoms with Gasteiger partial charge in [-0.05, 0) is 20.8 Å². The lowest BCUT2D eigenvalue weighted by molar-refractivity contribution is -0.376. The first kappa shape index (κ1) is 34.0. The Hall–Kier alpha value is -2.17. The lowest BCUT2D eigenvalue weighted by Gasteiger charge is -2.33. The number of hydrogen-bond donors (Lipinski definition) is 3. The van der Waals surface area contributed by atoms with Crippen molar-refractivity contribution >= 4 is 46.4 Å². The Morgan fingerprint density at radius 3 is 2.12 bits per heavy atom. The number of halogens is 8. The number of amides is 2. The first-order valence-corrected chi connectivity index (χ1v) is 12.9. The molecule has 1 heterocycles. The van der Waals surface area contributed by atoms with Crippen molar-refractivity contribution in [2.45, 2.75) is 44.3 Å². The van der Waals surface area contributed by atoms with Crippen LogP contribution in [0.25, 0.3) is 10.4 Å². The summed E-state index contributed by atoms with van der Waals surface area (Å²) in [6.07, 6.45) is -12.4. The molecule has 17 heteroatoms. The fraction of sp³-hybridized carbons (Fsp3) is 0.522. The van der Waals surface area contributed by atoms with E-state index >= 15 is 0 Å². The van der Waals surface area contributed by atoms with Gasteiger partial charge in [-0.25, -0.2) is 4.98 Å². The Bertz CT molecular complexity index is 1230. The number of likely N-dealkylation sites (N-methyl/N-ethyl adjacent to an activating group) is 1. The van der Waals surface area contributed by atoms with E-state index in [0.29, 0.717) is 17.4 Å². The average Bonchev–Trinajstić information content (AvgIpc) is 3.27. The van der Waals surface area contributed by atoms with Crippen molar-refractivity contribution in [3.8, 4) is 10.4 Å². The quantitative estimate of drug-likeness (QED) is 0.314. The predicted molar refractivity (Wildman–Crippen MR) is 136 cm³/mol. The molecule has 8 nitrogen and oxygen atoms in total. The molecule has 2 rings (SSSR count). The van der Waals surface area contributed by atoms with Gasteiger partial charge < -0.3 is 25.2 Å². The van der Waals surface area contributed by atoms with Crippen LogP contribution in [-0.4, -0.2) is 83.2 Å². The van der Waals surface area contributed by atoms with Gasteiger partial charge in [-0.1, -0.05) is 35.3 Å². The Kier molecular flexibility index (Phi) is 10.5. The molecule has 0 unspecified atom stereocenters. The van der Waals surface area contributed by atoms with Crippen molar-refractivity contribution in [2.24, 2.45) is 0 Å². The van der Waals surface area contributed by atoms with E-state index in [0.717, 1.165) is 0 Å². The fourth-order valence-electron chi connectivity index (χ4n) is 3.34. The number of carbonyl (C=O) groups excluding carboxylic acids is 2. The predicted octanol–water partition coefficient (Wildman–Crippen LogP) is 5.04. The first-order valence-electron chi connectivity index (χ1n) is 11.4. The van der Waals surface area contributed by atoms with Gasteiger partial charge in [-0.15, -0.1) is 11.3 Å². The monoisotopic (exact) mass is 639 g/mol. The highest BCUT2D eigenvalue weighted by Crippen LogP contribution is 2.54. The summed E-state index contributed by atoms with van der Waals surface area (Å²) >= 11 is 12.6. The summed E-state index contributed by atoms with van der Waals surface area (Å²) in [6.45, 7) is 4.59. The Labute approximate surface area is 238 Å². The molecule has 0 fully saturated rings. The molecule has 0 saturated heterocycles. The molecule has 0 atom stereocenters. The third-order valence-corrected chi connectivity index (χ3v) is 7.45. The number of nitrogens with one attached hydrogen (secondary N) is 1. The molecule has 0 spiro atoms. The lowest BCUT2D eigenvalue weighted by atomic mass is 9.91. The maximum atomic E-state index is 13.5. The summed E-state index contributed by atoms with van der Waals surface area (Å²) in [5.74, 6) is -1.57. The molecule has 0 saturated carbocycles. The van der Waals surface area contributed by atoms with Gasteiger partial charge in [0.25, 0.3) is 17.4 Å². The minimum absolute atomic E-state index is 0.0840. The molecule has 2 aromatic rings. The number of nitrogens with zero attached hydrogens (tertiary/aromatic N) is 2. The van der Waals surface area contributed by atoms with Crippen LogP contribution < -0.4 is 5.32 Å². The molecule has 0 radical (unpaired) electrons. The van der Waals surface area contributed by atoms with E-state index in [2.05, 4.69) is 10.3 Å². The molecule has 0 aliphatic carbocycles. The molecule has 40 heavy (non-hydrogen) atoms. The Balaban J connectivity index is 2.76. The highest BCUT2D eigenvalue weighted by Gasteiger charge is 2.72. The van der Waals surface area contributed by atoms with Crippen LogP contribution in [0.5, 0.6) is 0 Å². The summed E-state index contributed by atoms with van der Waals surface area (Å²) in [6, 6.07) is 0.995. The zero-order valence-electron chi connectivity index (χ0n) is 21.4. The van der Waals surface area contributed by atoms with E-state index in [4.69, 9.17) is 27.9 Å². The van der Waals surface area contributed by atoms with Gasteiger partial charge in [-0.3, -0.25) is 9.59 Å². The summed E-state index contributed by atoms with van der Waals surface area (Å²) < 4.78 is 85.8. The maximum Gasteiger partial charge on any atom is 0.430 e. The number of alkyl halides is 6. The highest BCUT2D eigenvalue weighted by molar-refractivity contribution is 7.17. The van der Waals surface area contributed by atoms with Crippen molar-refractivity contribution in [1.82, 2.24) is 15.2 Å². The second-order valence-electron chi connectivity index (χ2n) is 9.06. The van der Waals surface area contributed by atoms with Gasteiger partial charge >= 0.3 is 12.4 Å². The van der Waals surface area contributed by atoms with Gasteiger partial charge in [0.1, 0.15) is 5.69 Å². The number of hydrogen-bond acceptors (Lipinski definition) is 7. The van der Waals surface area contributed by atoms with Crippen molar-refractivity contribution in [3.63, 3.8) is 0 Å². The van der Waals surface area contributed by atoms with Crippen LogP contribution in [0.15, 0.2) is 12.1 Å². The van der Waals surface area contributed by atoms with Crippen LogP contribution in [0, 0.1) is 0 Å². The first-order chi connectivity index (χ1) is 18.2. The molecule has 1 aromatic carbocycles. The van der Waals surface area contributed by atoms with Crippen LogP contribution in [0.4, 0.5) is 26.3 Å². The number of aromatic nitrogens is 1. The fourth-order valence-corrected chi connectivity index (χ4v) is 4.96. The molecular weight excluding hydrogens is 615 g/mol. The number of ether oxygens (including phenoxy) is 1. The highest BCUT2D eigenvalue weighted by atomic mass is 35.5. The topological polar surface area (TPSA) is 112 Å². The third kappa shape index (κ3) is 6.99. The van der Waals surface area contributed by atoms with Gasteiger partial charge in [0, 0.05) is 37.9 Å². The lowest BCUT2D eigenvalue weighted by Crippen LogP contribution is -2.54. The number of rotatable bonds is 10. The average molecular weight is 640 g/mol. The second kappa shape index (κ2) is 12.4. The van der Waals surface area contributed by atoms with E-state index in [9.17, 15) is 46.1 Å². The molecule has 0 aliphatic rings. The third-order valence-electron chi connectivity index (χ3n) is 5.48. The number of benzene rings is 1.